The lowest BCUT2D eigenvalue weighted by molar-refractivity contribution is 0.00951. The van der Waals surface area contributed by atoms with E-state index in [9.17, 15) is 0 Å². The number of rotatable bonds is 4. The smallest absolute Gasteiger partial charge is 0.229 e. The van der Waals surface area contributed by atoms with E-state index in [1.807, 2.05) is 23.2 Å². The third-order valence-corrected chi connectivity index (χ3v) is 2.74. The van der Waals surface area contributed by atoms with Gasteiger partial charge in [-0.1, -0.05) is 35.9 Å². The summed E-state index contributed by atoms with van der Waals surface area (Å²) in [7, 11) is 4.11. The van der Waals surface area contributed by atoms with E-state index in [-0.39, 0.29) is 6.04 Å². The third kappa shape index (κ3) is 2.89. The highest BCUT2D eigenvalue weighted by Gasteiger charge is 2.19. The Balaban J connectivity index is 2.09. The molecule has 0 saturated heterocycles. The van der Waals surface area contributed by atoms with Crippen molar-refractivity contribution in [2.24, 2.45) is 5.73 Å². The number of nitrogens with two attached hydrogens (primary N) is 1. The number of hydrazine groups is 1. The van der Waals surface area contributed by atoms with Crippen LogP contribution in [0.15, 0.2) is 42.4 Å². The maximum atomic E-state index is 5.54. The van der Waals surface area contributed by atoms with Crippen LogP contribution in [0.4, 0.5) is 0 Å². The van der Waals surface area contributed by atoms with Crippen LogP contribution < -0.4 is 11.3 Å². The van der Waals surface area contributed by atoms with E-state index in [4.69, 9.17) is 10.6 Å². The molecule has 1 aliphatic heterocycles. The van der Waals surface area contributed by atoms with Crippen LogP contribution in [0.1, 0.15) is 11.6 Å². The molecule has 5 nitrogen and oxygen atoms in total. The van der Waals surface area contributed by atoms with Crippen molar-refractivity contribution in [3.63, 3.8) is 0 Å². The van der Waals surface area contributed by atoms with E-state index in [2.05, 4.69) is 36.7 Å². The van der Waals surface area contributed by atoms with Crippen molar-refractivity contribution >= 4 is 0 Å². The molecule has 0 aromatic heterocycles. The van der Waals surface area contributed by atoms with Gasteiger partial charge in [0.25, 0.3) is 0 Å². The molecule has 0 spiro atoms. The van der Waals surface area contributed by atoms with Gasteiger partial charge in [0.15, 0.2) is 0 Å². The molecule has 0 saturated carbocycles. The SMILES string of the molecule is CN(C)C(CN1C=C(N)ON1)c1ccccc1. The lowest BCUT2D eigenvalue weighted by Crippen LogP contribution is -2.36. The van der Waals surface area contributed by atoms with Crippen molar-refractivity contribution in [3.8, 4) is 0 Å². The van der Waals surface area contributed by atoms with Gasteiger partial charge in [-0.25, -0.2) is 0 Å². The molecular weight excluding hydrogens is 216 g/mol. The minimum Gasteiger partial charge on any atom is -0.370 e. The first-order chi connectivity index (χ1) is 8.16. The van der Waals surface area contributed by atoms with Gasteiger partial charge < -0.3 is 15.5 Å². The number of hydrogen-bond donors (Lipinski definition) is 2. The zero-order chi connectivity index (χ0) is 12.3. The Morgan fingerprint density at radius 2 is 2.06 bits per heavy atom. The maximum Gasteiger partial charge on any atom is 0.229 e. The Bertz CT molecular complexity index is 391. The lowest BCUT2D eigenvalue weighted by atomic mass is 10.1. The summed E-state index contributed by atoms with van der Waals surface area (Å²) in [5, 5.41) is 1.84. The van der Waals surface area contributed by atoms with Crippen LogP contribution >= 0.6 is 0 Å². The number of nitrogens with zero attached hydrogens (tertiary/aromatic N) is 2. The van der Waals surface area contributed by atoms with Gasteiger partial charge in [-0.15, -0.1) is 0 Å². The molecule has 1 aromatic rings. The van der Waals surface area contributed by atoms with Crippen molar-refractivity contribution in [1.82, 2.24) is 15.5 Å². The van der Waals surface area contributed by atoms with Crippen LogP contribution in [0.25, 0.3) is 0 Å². The molecule has 1 aromatic carbocycles. The first kappa shape index (κ1) is 11.8. The second kappa shape index (κ2) is 5.07. The summed E-state index contributed by atoms with van der Waals surface area (Å²) in [6.45, 7) is 0.762. The molecule has 3 N–H and O–H groups in total. The van der Waals surface area contributed by atoms with Crippen molar-refractivity contribution in [2.75, 3.05) is 20.6 Å². The molecule has 1 unspecified atom stereocenters. The molecule has 92 valence electrons. The van der Waals surface area contributed by atoms with Gasteiger partial charge in [0.2, 0.25) is 5.88 Å². The van der Waals surface area contributed by atoms with Crippen LogP contribution in [-0.2, 0) is 4.84 Å². The van der Waals surface area contributed by atoms with Gasteiger partial charge in [-0.05, 0) is 19.7 Å². The predicted octanol–water partition coefficient (Wildman–Crippen LogP) is 0.799. The molecule has 0 bridgehead atoms. The van der Waals surface area contributed by atoms with E-state index in [1.54, 1.807) is 6.20 Å². The van der Waals surface area contributed by atoms with Crippen molar-refractivity contribution in [1.29, 1.82) is 0 Å². The van der Waals surface area contributed by atoms with Gasteiger partial charge in [0.1, 0.15) is 0 Å². The normalized spacial score (nSPS) is 16.9. The Labute approximate surface area is 101 Å². The molecular formula is C12H18N4O. The second-order valence-corrected chi connectivity index (χ2v) is 4.27. The second-order valence-electron chi connectivity index (χ2n) is 4.27. The summed E-state index contributed by atoms with van der Waals surface area (Å²) >= 11 is 0. The van der Waals surface area contributed by atoms with Crippen LogP contribution in [0.3, 0.4) is 0 Å². The summed E-state index contributed by atoms with van der Waals surface area (Å²) in [5.41, 5.74) is 9.55. The number of hydrogen-bond acceptors (Lipinski definition) is 5. The van der Waals surface area contributed by atoms with Crippen LogP contribution in [0.2, 0.25) is 0 Å². The van der Waals surface area contributed by atoms with E-state index in [0.717, 1.165) is 6.54 Å². The molecule has 0 radical (unpaired) electrons. The maximum absolute atomic E-state index is 5.54. The monoisotopic (exact) mass is 234 g/mol. The highest BCUT2D eigenvalue weighted by atomic mass is 16.7. The van der Waals surface area contributed by atoms with Crippen LogP contribution in [-0.4, -0.2) is 30.5 Å². The first-order valence-corrected chi connectivity index (χ1v) is 5.54. The van der Waals surface area contributed by atoms with E-state index < -0.39 is 0 Å². The number of benzene rings is 1. The molecule has 5 heteroatoms. The molecule has 1 aliphatic rings. The van der Waals surface area contributed by atoms with Gasteiger partial charge in [0, 0.05) is 0 Å². The van der Waals surface area contributed by atoms with E-state index in [1.165, 1.54) is 5.56 Å². The van der Waals surface area contributed by atoms with Gasteiger partial charge in [-0.2, -0.15) is 0 Å². The summed E-state index contributed by atoms with van der Waals surface area (Å²) in [6.07, 6.45) is 1.75. The average molecular weight is 234 g/mol. The first-order valence-electron chi connectivity index (χ1n) is 5.54. The zero-order valence-corrected chi connectivity index (χ0v) is 10.1. The average Bonchev–Trinajstić information content (AvgIpc) is 2.73. The highest BCUT2D eigenvalue weighted by Crippen LogP contribution is 2.19. The fourth-order valence-corrected chi connectivity index (χ4v) is 1.84. The molecule has 0 amide bonds. The predicted molar refractivity (Wildman–Crippen MR) is 66.1 cm³/mol. The van der Waals surface area contributed by atoms with Crippen LogP contribution in [0, 0.1) is 0 Å². The molecule has 2 rings (SSSR count). The van der Waals surface area contributed by atoms with Crippen molar-refractivity contribution < 1.29 is 4.84 Å². The standard InChI is InChI=1S/C12H18N4O/c1-15(2)11(10-6-4-3-5-7-10)8-16-9-12(13)17-14-16/h3-7,9,11,14H,8,13H2,1-2H3. The van der Waals surface area contributed by atoms with Gasteiger partial charge in [0.05, 0.1) is 18.8 Å². The summed E-state index contributed by atoms with van der Waals surface area (Å²) < 4.78 is 0. The largest absolute Gasteiger partial charge is 0.370 e. The number of likely N-dealkylation sites (N-methyl/N-ethyl adjacent to an activating group) is 1. The summed E-state index contributed by atoms with van der Waals surface area (Å²) in [4.78, 5) is 7.14. The Morgan fingerprint density at radius 3 is 2.59 bits per heavy atom. The minimum atomic E-state index is 0.273. The Hall–Kier alpha value is -1.72. The fraction of sp³-hybridized carbons (Fsp3) is 0.333. The Morgan fingerprint density at radius 1 is 1.35 bits per heavy atom. The summed E-state index contributed by atoms with van der Waals surface area (Å²) in [5.74, 6) is 0.385. The molecule has 0 aliphatic carbocycles. The molecule has 17 heavy (non-hydrogen) atoms. The highest BCUT2D eigenvalue weighted by molar-refractivity contribution is 5.19. The quantitative estimate of drug-likeness (QED) is 0.807. The van der Waals surface area contributed by atoms with Crippen molar-refractivity contribution in [3.05, 3.63) is 48.0 Å². The molecule has 1 atom stereocenters. The van der Waals surface area contributed by atoms with Gasteiger partial charge in [-0.3, -0.25) is 5.01 Å². The molecule has 1 heterocycles. The Kier molecular flexibility index (Phi) is 3.51. The van der Waals surface area contributed by atoms with Crippen LogP contribution in [0.5, 0.6) is 0 Å². The number of nitrogens with one attached hydrogen (secondary N) is 1. The zero-order valence-electron chi connectivity index (χ0n) is 10.1. The third-order valence-electron chi connectivity index (χ3n) is 2.74. The van der Waals surface area contributed by atoms with Crippen molar-refractivity contribution in [2.45, 2.75) is 6.04 Å². The van der Waals surface area contributed by atoms with Gasteiger partial charge >= 0.3 is 0 Å². The lowest BCUT2D eigenvalue weighted by Gasteiger charge is -2.28. The minimum absolute atomic E-state index is 0.273. The van der Waals surface area contributed by atoms with E-state index >= 15 is 0 Å². The fourth-order valence-electron chi connectivity index (χ4n) is 1.84. The van der Waals surface area contributed by atoms with E-state index in [0.29, 0.717) is 5.88 Å². The molecule has 0 fully saturated rings. The topological polar surface area (TPSA) is 53.8 Å². The summed E-state index contributed by atoms with van der Waals surface area (Å²) in [6, 6.07) is 10.6.